The molecule has 1 atom stereocenters. The molecule has 2 fully saturated rings. The molecule has 1 aliphatic heterocycles. The van der Waals surface area contributed by atoms with Crippen LogP contribution in [0.5, 0.6) is 0 Å². The molecule has 0 bridgehead atoms. The molecule has 0 aromatic heterocycles. The highest BCUT2D eigenvalue weighted by molar-refractivity contribution is 5.54. The van der Waals surface area contributed by atoms with E-state index in [1.54, 1.807) is 0 Å². The van der Waals surface area contributed by atoms with E-state index < -0.39 is 0 Å². The summed E-state index contributed by atoms with van der Waals surface area (Å²) in [5.74, 6) is 0. The predicted molar refractivity (Wildman–Crippen MR) is 77.3 cm³/mol. The highest BCUT2D eigenvalue weighted by Crippen LogP contribution is 2.26. The fourth-order valence-corrected chi connectivity index (χ4v) is 3.08. The molecule has 1 aliphatic carbocycles. The van der Waals surface area contributed by atoms with Crippen LogP contribution in [-0.2, 0) is 0 Å². The van der Waals surface area contributed by atoms with Gasteiger partial charge in [-0.05, 0) is 51.2 Å². The second-order valence-corrected chi connectivity index (χ2v) is 6.02. The standard InChI is InChI=1S/C16H24N2/c1-12-5-8-16(13(2)10-12)18-9-3-4-15(11-18)17-14-6-7-14/h5,8,10,14-15,17H,3-4,6-7,9,11H2,1-2H3. The van der Waals surface area contributed by atoms with E-state index in [9.17, 15) is 0 Å². The Labute approximate surface area is 110 Å². The van der Waals surface area contributed by atoms with Gasteiger partial charge in [-0.2, -0.15) is 0 Å². The SMILES string of the molecule is Cc1ccc(N2CCCC(NC3CC3)C2)c(C)c1. The van der Waals surface area contributed by atoms with Gasteiger partial charge in [-0.3, -0.25) is 0 Å². The van der Waals surface area contributed by atoms with Crippen LogP contribution < -0.4 is 10.2 Å². The van der Waals surface area contributed by atoms with Gasteiger partial charge in [-0.25, -0.2) is 0 Å². The normalized spacial score (nSPS) is 24.3. The Kier molecular flexibility index (Phi) is 3.29. The van der Waals surface area contributed by atoms with Crippen LogP contribution in [0.4, 0.5) is 5.69 Å². The lowest BCUT2D eigenvalue weighted by Crippen LogP contribution is -2.46. The van der Waals surface area contributed by atoms with Gasteiger partial charge < -0.3 is 10.2 Å². The summed E-state index contributed by atoms with van der Waals surface area (Å²) in [6, 6.07) is 8.36. The van der Waals surface area contributed by atoms with Gasteiger partial charge in [0.15, 0.2) is 0 Å². The molecular formula is C16H24N2. The minimum Gasteiger partial charge on any atom is -0.370 e. The Morgan fingerprint density at radius 3 is 2.67 bits per heavy atom. The third kappa shape index (κ3) is 2.69. The fourth-order valence-electron chi connectivity index (χ4n) is 3.08. The summed E-state index contributed by atoms with van der Waals surface area (Å²) in [7, 11) is 0. The van der Waals surface area contributed by atoms with Gasteiger partial charge in [-0.15, -0.1) is 0 Å². The van der Waals surface area contributed by atoms with E-state index in [2.05, 4.69) is 42.3 Å². The second kappa shape index (κ2) is 4.93. The Bertz CT molecular complexity index is 423. The van der Waals surface area contributed by atoms with E-state index in [-0.39, 0.29) is 0 Å². The summed E-state index contributed by atoms with van der Waals surface area (Å²) in [6.07, 6.45) is 5.44. The number of rotatable bonds is 3. The van der Waals surface area contributed by atoms with Crippen molar-refractivity contribution >= 4 is 5.69 Å². The summed E-state index contributed by atoms with van der Waals surface area (Å²) in [4.78, 5) is 2.57. The average molecular weight is 244 g/mol. The summed E-state index contributed by atoms with van der Waals surface area (Å²) in [6.45, 7) is 6.80. The van der Waals surface area contributed by atoms with E-state index in [1.807, 2.05) is 0 Å². The highest BCUT2D eigenvalue weighted by Gasteiger charge is 2.27. The Morgan fingerprint density at radius 2 is 1.94 bits per heavy atom. The first kappa shape index (κ1) is 12.0. The summed E-state index contributed by atoms with van der Waals surface area (Å²) >= 11 is 0. The zero-order chi connectivity index (χ0) is 12.5. The molecule has 0 amide bonds. The average Bonchev–Trinajstić information content (AvgIpc) is 3.13. The Hall–Kier alpha value is -1.02. The lowest BCUT2D eigenvalue weighted by Gasteiger charge is -2.36. The Balaban J connectivity index is 1.70. The lowest BCUT2D eigenvalue weighted by molar-refractivity contribution is 0.420. The van der Waals surface area contributed by atoms with E-state index in [1.165, 1.54) is 55.6 Å². The van der Waals surface area contributed by atoms with Crippen molar-refractivity contribution in [2.24, 2.45) is 0 Å². The van der Waals surface area contributed by atoms with Crippen molar-refractivity contribution in [3.05, 3.63) is 29.3 Å². The molecule has 1 heterocycles. The summed E-state index contributed by atoms with van der Waals surface area (Å²) in [5.41, 5.74) is 4.21. The van der Waals surface area contributed by atoms with Crippen molar-refractivity contribution < 1.29 is 0 Å². The van der Waals surface area contributed by atoms with Gasteiger partial charge >= 0.3 is 0 Å². The number of hydrogen-bond acceptors (Lipinski definition) is 2. The van der Waals surface area contributed by atoms with Crippen LogP contribution in [-0.4, -0.2) is 25.2 Å². The number of aryl methyl sites for hydroxylation is 2. The predicted octanol–water partition coefficient (Wildman–Crippen LogP) is 3.02. The van der Waals surface area contributed by atoms with Gasteiger partial charge in [0.1, 0.15) is 0 Å². The third-order valence-electron chi connectivity index (χ3n) is 4.16. The maximum atomic E-state index is 3.78. The molecule has 1 saturated carbocycles. The number of benzene rings is 1. The number of nitrogens with zero attached hydrogens (tertiary/aromatic N) is 1. The van der Waals surface area contributed by atoms with Crippen molar-refractivity contribution in [2.75, 3.05) is 18.0 Å². The molecule has 1 N–H and O–H groups in total. The molecule has 3 rings (SSSR count). The van der Waals surface area contributed by atoms with E-state index in [0.717, 1.165) is 6.04 Å². The maximum Gasteiger partial charge on any atom is 0.0396 e. The van der Waals surface area contributed by atoms with Gasteiger partial charge in [0.25, 0.3) is 0 Å². The molecule has 2 aliphatic rings. The van der Waals surface area contributed by atoms with Crippen LogP contribution in [0.15, 0.2) is 18.2 Å². The Morgan fingerprint density at radius 1 is 1.11 bits per heavy atom. The van der Waals surface area contributed by atoms with E-state index in [4.69, 9.17) is 0 Å². The monoisotopic (exact) mass is 244 g/mol. The molecule has 1 saturated heterocycles. The molecule has 1 aromatic rings. The van der Waals surface area contributed by atoms with Crippen molar-refractivity contribution in [3.63, 3.8) is 0 Å². The van der Waals surface area contributed by atoms with Crippen LogP contribution in [0, 0.1) is 13.8 Å². The molecule has 2 heteroatoms. The van der Waals surface area contributed by atoms with E-state index >= 15 is 0 Å². The minimum atomic E-state index is 0.701. The molecule has 98 valence electrons. The van der Waals surface area contributed by atoms with Crippen LogP contribution in [0.25, 0.3) is 0 Å². The fraction of sp³-hybridized carbons (Fsp3) is 0.625. The quantitative estimate of drug-likeness (QED) is 0.879. The van der Waals surface area contributed by atoms with Gasteiger partial charge in [0.2, 0.25) is 0 Å². The first-order valence-corrected chi connectivity index (χ1v) is 7.30. The molecule has 2 nitrogen and oxygen atoms in total. The van der Waals surface area contributed by atoms with Crippen molar-refractivity contribution in [2.45, 2.75) is 51.6 Å². The summed E-state index contributed by atoms with van der Waals surface area (Å²) < 4.78 is 0. The van der Waals surface area contributed by atoms with Gasteiger partial charge in [0, 0.05) is 30.9 Å². The van der Waals surface area contributed by atoms with Crippen LogP contribution in [0.2, 0.25) is 0 Å². The van der Waals surface area contributed by atoms with Gasteiger partial charge in [0.05, 0.1) is 0 Å². The number of hydrogen-bond donors (Lipinski definition) is 1. The van der Waals surface area contributed by atoms with Crippen LogP contribution in [0.1, 0.15) is 36.8 Å². The molecule has 0 radical (unpaired) electrons. The largest absolute Gasteiger partial charge is 0.370 e. The zero-order valence-electron chi connectivity index (χ0n) is 11.6. The topological polar surface area (TPSA) is 15.3 Å². The molecule has 0 spiro atoms. The third-order valence-corrected chi connectivity index (χ3v) is 4.16. The minimum absolute atomic E-state index is 0.701. The number of piperidine rings is 1. The second-order valence-electron chi connectivity index (χ2n) is 6.02. The smallest absolute Gasteiger partial charge is 0.0396 e. The van der Waals surface area contributed by atoms with Crippen LogP contribution >= 0.6 is 0 Å². The first-order chi connectivity index (χ1) is 8.72. The molecular weight excluding hydrogens is 220 g/mol. The zero-order valence-corrected chi connectivity index (χ0v) is 11.6. The molecule has 18 heavy (non-hydrogen) atoms. The van der Waals surface area contributed by atoms with Crippen molar-refractivity contribution in [1.29, 1.82) is 0 Å². The summed E-state index contributed by atoms with van der Waals surface area (Å²) in [5, 5.41) is 3.78. The maximum absolute atomic E-state index is 3.78. The van der Waals surface area contributed by atoms with E-state index in [0.29, 0.717) is 6.04 Å². The number of nitrogens with one attached hydrogen (secondary N) is 1. The van der Waals surface area contributed by atoms with Crippen molar-refractivity contribution in [1.82, 2.24) is 5.32 Å². The van der Waals surface area contributed by atoms with Crippen LogP contribution in [0.3, 0.4) is 0 Å². The molecule has 1 aromatic carbocycles. The molecule has 1 unspecified atom stereocenters. The number of anilines is 1. The first-order valence-electron chi connectivity index (χ1n) is 7.30. The van der Waals surface area contributed by atoms with Gasteiger partial charge in [-0.1, -0.05) is 17.7 Å². The highest BCUT2D eigenvalue weighted by atomic mass is 15.2. The lowest BCUT2D eigenvalue weighted by atomic mass is 10.0. The van der Waals surface area contributed by atoms with Crippen molar-refractivity contribution in [3.8, 4) is 0 Å².